The highest BCUT2D eigenvalue weighted by atomic mass is 16.5. The van der Waals surface area contributed by atoms with E-state index in [2.05, 4.69) is 39.9 Å². The third kappa shape index (κ3) is 5.86. The Kier molecular flexibility index (Phi) is 4.81. The maximum absolute atomic E-state index is 5.80. The predicted molar refractivity (Wildman–Crippen MR) is 69.7 cm³/mol. The zero-order valence-electron chi connectivity index (χ0n) is 11.7. The van der Waals surface area contributed by atoms with Crippen LogP contribution in [0.2, 0.25) is 0 Å². The van der Waals surface area contributed by atoms with Crippen LogP contribution in [0.4, 0.5) is 0 Å². The molecule has 0 aromatic carbocycles. The van der Waals surface area contributed by atoms with Gasteiger partial charge in [0.05, 0.1) is 5.60 Å². The molecular formula is C14H29NO. The molecule has 0 spiro atoms. The molecule has 0 bridgehead atoms. The van der Waals surface area contributed by atoms with Crippen molar-refractivity contribution in [2.24, 2.45) is 11.3 Å². The van der Waals surface area contributed by atoms with Gasteiger partial charge in [-0.25, -0.2) is 0 Å². The minimum Gasteiger partial charge on any atom is -0.376 e. The molecule has 0 aromatic heterocycles. The van der Waals surface area contributed by atoms with Crippen molar-refractivity contribution < 1.29 is 4.74 Å². The summed E-state index contributed by atoms with van der Waals surface area (Å²) in [4.78, 5) is 0. The molecule has 1 fully saturated rings. The molecule has 1 rings (SSSR count). The van der Waals surface area contributed by atoms with Crippen LogP contribution in [0.1, 0.15) is 53.9 Å². The van der Waals surface area contributed by atoms with Crippen LogP contribution < -0.4 is 5.32 Å². The largest absolute Gasteiger partial charge is 0.376 e. The standard InChI is InChI=1S/C14H29NO/c1-12(2)10-15-11-14(6-7-14)8-9-16-13(3,4)5/h12,15H,6-11H2,1-5H3. The number of rotatable bonds is 7. The van der Waals surface area contributed by atoms with Gasteiger partial charge >= 0.3 is 0 Å². The molecule has 1 saturated carbocycles. The first-order valence-electron chi connectivity index (χ1n) is 6.68. The fraction of sp³-hybridized carbons (Fsp3) is 1.00. The number of ether oxygens (including phenoxy) is 1. The van der Waals surface area contributed by atoms with Gasteiger partial charge in [0.1, 0.15) is 0 Å². The Hall–Kier alpha value is -0.0800. The summed E-state index contributed by atoms with van der Waals surface area (Å²) in [6, 6.07) is 0. The average molecular weight is 227 g/mol. The van der Waals surface area contributed by atoms with Gasteiger partial charge in [-0.05, 0) is 57.9 Å². The molecule has 1 aliphatic carbocycles. The van der Waals surface area contributed by atoms with Crippen LogP contribution >= 0.6 is 0 Å². The van der Waals surface area contributed by atoms with Crippen molar-refractivity contribution in [3.8, 4) is 0 Å². The molecule has 2 heteroatoms. The molecule has 2 nitrogen and oxygen atoms in total. The molecule has 96 valence electrons. The van der Waals surface area contributed by atoms with Crippen LogP contribution in [-0.2, 0) is 4.74 Å². The summed E-state index contributed by atoms with van der Waals surface area (Å²) in [5.74, 6) is 0.752. The van der Waals surface area contributed by atoms with Gasteiger partial charge in [0.25, 0.3) is 0 Å². The fourth-order valence-electron chi connectivity index (χ4n) is 1.89. The van der Waals surface area contributed by atoms with E-state index in [0.717, 1.165) is 19.1 Å². The predicted octanol–water partition coefficient (Wildman–Crippen LogP) is 3.22. The zero-order valence-corrected chi connectivity index (χ0v) is 11.7. The summed E-state index contributed by atoms with van der Waals surface area (Å²) in [6.45, 7) is 14.1. The molecule has 0 aromatic rings. The van der Waals surface area contributed by atoms with E-state index < -0.39 is 0 Å². The summed E-state index contributed by atoms with van der Waals surface area (Å²) in [5.41, 5.74) is 0.585. The van der Waals surface area contributed by atoms with E-state index in [9.17, 15) is 0 Å². The Morgan fingerprint density at radius 2 is 1.88 bits per heavy atom. The second-order valence-electron chi connectivity index (χ2n) is 6.74. The Morgan fingerprint density at radius 3 is 2.31 bits per heavy atom. The molecular weight excluding hydrogens is 198 g/mol. The van der Waals surface area contributed by atoms with Gasteiger partial charge in [0.15, 0.2) is 0 Å². The number of nitrogens with one attached hydrogen (secondary N) is 1. The van der Waals surface area contributed by atoms with E-state index in [0.29, 0.717) is 5.41 Å². The molecule has 0 aliphatic heterocycles. The van der Waals surface area contributed by atoms with Gasteiger partial charge in [-0.3, -0.25) is 0 Å². The van der Waals surface area contributed by atoms with Crippen LogP contribution in [0, 0.1) is 11.3 Å². The van der Waals surface area contributed by atoms with Crippen LogP contribution in [-0.4, -0.2) is 25.3 Å². The first kappa shape index (κ1) is 14.0. The highest BCUT2D eigenvalue weighted by Gasteiger charge is 2.41. The fourth-order valence-corrected chi connectivity index (χ4v) is 1.89. The van der Waals surface area contributed by atoms with Gasteiger partial charge in [-0.2, -0.15) is 0 Å². The summed E-state index contributed by atoms with van der Waals surface area (Å²) >= 11 is 0. The van der Waals surface area contributed by atoms with Crippen molar-refractivity contribution in [2.45, 2.75) is 59.5 Å². The van der Waals surface area contributed by atoms with E-state index in [1.165, 1.54) is 25.8 Å². The van der Waals surface area contributed by atoms with Crippen molar-refractivity contribution in [3.05, 3.63) is 0 Å². The minimum absolute atomic E-state index is 0.0153. The Balaban J connectivity index is 2.11. The number of hydrogen-bond donors (Lipinski definition) is 1. The van der Waals surface area contributed by atoms with Crippen molar-refractivity contribution in [2.75, 3.05) is 19.7 Å². The van der Waals surface area contributed by atoms with Crippen molar-refractivity contribution in [3.63, 3.8) is 0 Å². The van der Waals surface area contributed by atoms with Crippen LogP contribution in [0.15, 0.2) is 0 Å². The molecule has 1 aliphatic rings. The molecule has 1 N–H and O–H groups in total. The molecule has 0 atom stereocenters. The van der Waals surface area contributed by atoms with Gasteiger partial charge < -0.3 is 10.1 Å². The number of hydrogen-bond acceptors (Lipinski definition) is 2. The van der Waals surface area contributed by atoms with Gasteiger partial charge in [0, 0.05) is 13.2 Å². The van der Waals surface area contributed by atoms with E-state index in [1.807, 2.05) is 0 Å². The normalized spacial score (nSPS) is 19.1. The molecule has 0 saturated heterocycles. The van der Waals surface area contributed by atoms with E-state index >= 15 is 0 Å². The second kappa shape index (κ2) is 5.50. The Labute approximate surface area is 101 Å². The molecule has 0 amide bonds. The maximum Gasteiger partial charge on any atom is 0.0598 e. The SMILES string of the molecule is CC(C)CNCC1(CCOC(C)(C)C)CC1. The van der Waals surface area contributed by atoms with Crippen molar-refractivity contribution in [1.82, 2.24) is 5.32 Å². The smallest absolute Gasteiger partial charge is 0.0598 e. The lowest BCUT2D eigenvalue weighted by Crippen LogP contribution is -2.29. The van der Waals surface area contributed by atoms with Crippen molar-refractivity contribution in [1.29, 1.82) is 0 Å². The van der Waals surface area contributed by atoms with E-state index in [-0.39, 0.29) is 5.60 Å². The lowest BCUT2D eigenvalue weighted by atomic mass is 10.0. The minimum atomic E-state index is 0.0153. The third-order valence-electron chi connectivity index (χ3n) is 3.18. The zero-order chi connectivity index (χ0) is 12.2. The highest BCUT2D eigenvalue weighted by Crippen LogP contribution is 2.48. The average Bonchev–Trinajstić information content (AvgIpc) is 2.82. The summed E-state index contributed by atoms with van der Waals surface area (Å²) in [6.07, 6.45) is 3.98. The van der Waals surface area contributed by atoms with Gasteiger partial charge in [0.2, 0.25) is 0 Å². The highest BCUT2D eigenvalue weighted by molar-refractivity contribution is 4.94. The quantitative estimate of drug-likeness (QED) is 0.721. The first-order valence-corrected chi connectivity index (χ1v) is 6.68. The van der Waals surface area contributed by atoms with Crippen LogP contribution in [0.5, 0.6) is 0 Å². The Bertz CT molecular complexity index is 201. The van der Waals surface area contributed by atoms with Crippen LogP contribution in [0.25, 0.3) is 0 Å². The lowest BCUT2D eigenvalue weighted by molar-refractivity contribution is -0.0108. The third-order valence-corrected chi connectivity index (χ3v) is 3.18. The van der Waals surface area contributed by atoms with Gasteiger partial charge in [-0.1, -0.05) is 13.8 Å². The Morgan fingerprint density at radius 1 is 1.25 bits per heavy atom. The second-order valence-corrected chi connectivity index (χ2v) is 6.74. The summed E-state index contributed by atoms with van der Waals surface area (Å²) in [7, 11) is 0. The topological polar surface area (TPSA) is 21.3 Å². The maximum atomic E-state index is 5.80. The first-order chi connectivity index (χ1) is 7.33. The van der Waals surface area contributed by atoms with Gasteiger partial charge in [-0.15, -0.1) is 0 Å². The van der Waals surface area contributed by atoms with Crippen molar-refractivity contribution >= 4 is 0 Å². The molecule has 16 heavy (non-hydrogen) atoms. The molecule has 0 heterocycles. The van der Waals surface area contributed by atoms with E-state index in [1.54, 1.807) is 0 Å². The summed E-state index contributed by atoms with van der Waals surface area (Å²) in [5, 5.41) is 3.58. The molecule has 0 radical (unpaired) electrons. The van der Waals surface area contributed by atoms with E-state index in [4.69, 9.17) is 4.74 Å². The lowest BCUT2D eigenvalue weighted by Gasteiger charge is -2.22. The summed E-state index contributed by atoms with van der Waals surface area (Å²) < 4.78 is 5.80. The molecule has 0 unspecified atom stereocenters. The van der Waals surface area contributed by atoms with Crippen LogP contribution in [0.3, 0.4) is 0 Å². The monoisotopic (exact) mass is 227 g/mol.